The van der Waals surface area contributed by atoms with E-state index >= 15 is 0 Å². The summed E-state index contributed by atoms with van der Waals surface area (Å²) in [5.41, 5.74) is 0. The van der Waals surface area contributed by atoms with E-state index in [9.17, 15) is 4.79 Å². The average molecular weight is 370 g/mol. The van der Waals surface area contributed by atoms with Gasteiger partial charge in [0.15, 0.2) is 0 Å². The predicted molar refractivity (Wildman–Crippen MR) is 99.4 cm³/mol. The van der Waals surface area contributed by atoms with E-state index in [1.165, 1.54) is 0 Å². The molecule has 1 aromatic rings. The zero-order valence-corrected chi connectivity index (χ0v) is 15.4. The van der Waals surface area contributed by atoms with E-state index in [4.69, 9.17) is 9.47 Å². The highest BCUT2D eigenvalue weighted by Gasteiger charge is 2.30. The number of piperazine rings is 1. The van der Waals surface area contributed by atoms with E-state index in [1.54, 1.807) is 0 Å². The maximum absolute atomic E-state index is 12.2. The number of nitrogens with one attached hydrogen (secondary N) is 1. The molecule has 25 heavy (non-hydrogen) atoms. The predicted octanol–water partition coefficient (Wildman–Crippen LogP) is 1.01. The van der Waals surface area contributed by atoms with Gasteiger partial charge in [-0.05, 0) is 18.6 Å². The molecule has 0 saturated carbocycles. The number of carbonyl (C=O) groups excluding carboxylic acids is 1. The van der Waals surface area contributed by atoms with Crippen molar-refractivity contribution in [2.24, 2.45) is 0 Å². The van der Waals surface area contributed by atoms with Crippen molar-refractivity contribution in [1.29, 1.82) is 0 Å². The second kappa shape index (κ2) is 10.6. The summed E-state index contributed by atoms with van der Waals surface area (Å²) in [4.78, 5) is 16.7. The molecule has 1 amide bonds. The smallest absolute Gasteiger partial charge is 0.248 e. The minimum atomic E-state index is 0. The highest BCUT2D eigenvalue weighted by molar-refractivity contribution is 5.85. The summed E-state index contributed by atoms with van der Waals surface area (Å²) in [7, 11) is 0. The van der Waals surface area contributed by atoms with Crippen molar-refractivity contribution >= 4 is 18.3 Å². The molecular formula is C18H28ClN3O3. The standard InChI is InChI=1S/C18H27N3O3.ClH/c22-18(15-23-12-13-24-17-4-2-1-3-5-17)21-9-6-16(14-21)20-10-7-19-8-11-20;/h1-5,16,19H,6-15H2;1H. The second-order valence-electron chi connectivity index (χ2n) is 6.28. The molecular weight excluding hydrogens is 342 g/mol. The fourth-order valence-corrected chi connectivity index (χ4v) is 3.30. The van der Waals surface area contributed by atoms with E-state index in [0.29, 0.717) is 19.3 Å². The molecule has 1 aromatic carbocycles. The Morgan fingerprint density at radius 2 is 1.88 bits per heavy atom. The summed E-state index contributed by atoms with van der Waals surface area (Å²) >= 11 is 0. The second-order valence-corrected chi connectivity index (χ2v) is 6.28. The Morgan fingerprint density at radius 1 is 1.12 bits per heavy atom. The Kier molecular flexibility index (Phi) is 8.48. The molecule has 2 aliphatic rings. The number of benzene rings is 1. The molecule has 1 N–H and O–H groups in total. The van der Waals surface area contributed by atoms with Crippen molar-refractivity contribution in [2.75, 3.05) is 59.1 Å². The van der Waals surface area contributed by atoms with Gasteiger partial charge >= 0.3 is 0 Å². The van der Waals surface area contributed by atoms with Crippen LogP contribution in [-0.2, 0) is 9.53 Å². The number of hydrogen-bond donors (Lipinski definition) is 1. The molecule has 3 rings (SSSR count). The molecule has 6 nitrogen and oxygen atoms in total. The number of halogens is 1. The van der Waals surface area contributed by atoms with Gasteiger partial charge in [-0.1, -0.05) is 18.2 Å². The quantitative estimate of drug-likeness (QED) is 0.727. The summed E-state index contributed by atoms with van der Waals surface area (Å²) in [6.45, 7) is 6.98. The molecule has 0 aromatic heterocycles. The molecule has 0 radical (unpaired) electrons. The van der Waals surface area contributed by atoms with Crippen LogP contribution in [0.25, 0.3) is 0 Å². The van der Waals surface area contributed by atoms with Crippen LogP contribution in [0.3, 0.4) is 0 Å². The van der Waals surface area contributed by atoms with E-state index in [-0.39, 0.29) is 24.9 Å². The minimum absolute atomic E-state index is 0. The number of amides is 1. The maximum atomic E-state index is 12.2. The summed E-state index contributed by atoms with van der Waals surface area (Å²) in [5.74, 6) is 0.915. The van der Waals surface area contributed by atoms with Gasteiger partial charge in [-0.2, -0.15) is 0 Å². The molecule has 2 heterocycles. The molecule has 0 bridgehead atoms. The summed E-state index contributed by atoms with van der Waals surface area (Å²) in [5, 5.41) is 3.37. The lowest BCUT2D eigenvalue weighted by atomic mass is 10.2. The summed E-state index contributed by atoms with van der Waals surface area (Å²) in [6.07, 6.45) is 1.07. The zero-order chi connectivity index (χ0) is 16.6. The lowest BCUT2D eigenvalue weighted by Gasteiger charge is -2.32. The van der Waals surface area contributed by atoms with E-state index in [2.05, 4.69) is 10.2 Å². The Hall–Kier alpha value is -1.34. The fourth-order valence-electron chi connectivity index (χ4n) is 3.30. The first kappa shape index (κ1) is 20.0. The summed E-state index contributed by atoms with van der Waals surface area (Å²) < 4.78 is 11.0. The minimum Gasteiger partial charge on any atom is -0.491 e. The molecule has 0 aliphatic carbocycles. The largest absolute Gasteiger partial charge is 0.491 e. The van der Waals surface area contributed by atoms with Crippen LogP contribution in [0.5, 0.6) is 5.75 Å². The van der Waals surface area contributed by atoms with E-state index in [1.807, 2.05) is 35.2 Å². The normalized spacial score (nSPS) is 21.0. The van der Waals surface area contributed by atoms with Crippen LogP contribution in [0.4, 0.5) is 0 Å². The first-order chi connectivity index (χ1) is 11.8. The third-order valence-electron chi connectivity index (χ3n) is 4.65. The summed E-state index contributed by atoms with van der Waals surface area (Å²) in [6, 6.07) is 10.1. The maximum Gasteiger partial charge on any atom is 0.248 e. The van der Waals surface area contributed by atoms with Gasteiger partial charge < -0.3 is 19.7 Å². The van der Waals surface area contributed by atoms with Crippen LogP contribution < -0.4 is 10.1 Å². The van der Waals surface area contributed by atoms with E-state index < -0.39 is 0 Å². The lowest BCUT2D eigenvalue weighted by Crippen LogP contribution is -2.49. The lowest BCUT2D eigenvalue weighted by molar-refractivity contribution is -0.135. The van der Waals surface area contributed by atoms with Crippen molar-refractivity contribution in [3.05, 3.63) is 30.3 Å². The third-order valence-corrected chi connectivity index (χ3v) is 4.65. The Labute approximate surface area is 155 Å². The highest BCUT2D eigenvalue weighted by Crippen LogP contribution is 2.16. The van der Waals surface area contributed by atoms with Crippen LogP contribution in [0.15, 0.2) is 30.3 Å². The van der Waals surface area contributed by atoms with Crippen molar-refractivity contribution < 1.29 is 14.3 Å². The molecule has 2 fully saturated rings. The third kappa shape index (κ3) is 6.15. The van der Waals surface area contributed by atoms with Gasteiger partial charge in [0, 0.05) is 45.3 Å². The molecule has 1 unspecified atom stereocenters. The Balaban J connectivity index is 0.00000225. The van der Waals surface area contributed by atoms with Crippen molar-refractivity contribution in [1.82, 2.24) is 15.1 Å². The van der Waals surface area contributed by atoms with Gasteiger partial charge in [-0.25, -0.2) is 0 Å². The average Bonchev–Trinajstić information content (AvgIpc) is 3.13. The molecule has 2 saturated heterocycles. The molecule has 2 aliphatic heterocycles. The van der Waals surface area contributed by atoms with Crippen molar-refractivity contribution in [2.45, 2.75) is 12.5 Å². The zero-order valence-electron chi connectivity index (χ0n) is 14.6. The number of carbonyl (C=O) groups is 1. The number of likely N-dealkylation sites (tertiary alicyclic amines) is 1. The number of ether oxygens (including phenoxy) is 2. The van der Waals surface area contributed by atoms with Crippen LogP contribution in [-0.4, -0.2) is 80.8 Å². The SMILES string of the molecule is Cl.O=C(COCCOc1ccccc1)N1CCC(N2CCNCC2)C1. The molecule has 140 valence electrons. The fraction of sp³-hybridized carbons (Fsp3) is 0.611. The van der Waals surface area contributed by atoms with Crippen LogP contribution in [0.2, 0.25) is 0 Å². The van der Waals surface area contributed by atoms with Crippen LogP contribution in [0, 0.1) is 0 Å². The first-order valence-corrected chi connectivity index (χ1v) is 8.81. The molecule has 1 atom stereocenters. The number of hydrogen-bond acceptors (Lipinski definition) is 5. The van der Waals surface area contributed by atoms with E-state index in [0.717, 1.165) is 51.4 Å². The van der Waals surface area contributed by atoms with Crippen molar-refractivity contribution in [3.8, 4) is 5.75 Å². The molecule has 0 spiro atoms. The van der Waals surface area contributed by atoms with Crippen LogP contribution >= 0.6 is 12.4 Å². The van der Waals surface area contributed by atoms with Gasteiger partial charge in [-0.3, -0.25) is 9.69 Å². The van der Waals surface area contributed by atoms with Gasteiger partial charge in [0.1, 0.15) is 19.0 Å². The van der Waals surface area contributed by atoms with Gasteiger partial charge in [0.05, 0.1) is 6.61 Å². The Bertz CT molecular complexity index is 512. The molecule has 7 heteroatoms. The number of para-hydroxylation sites is 1. The number of rotatable bonds is 7. The topological polar surface area (TPSA) is 54.0 Å². The highest BCUT2D eigenvalue weighted by atomic mass is 35.5. The number of nitrogens with zero attached hydrogens (tertiary/aromatic N) is 2. The first-order valence-electron chi connectivity index (χ1n) is 8.81. The van der Waals surface area contributed by atoms with Crippen molar-refractivity contribution in [3.63, 3.8) is 0 Å². The van der Waals surface area contributed by atoms with Gasteiger partial charge in [-0.15, -0.1) is 12.4 Å². The van der Waals surface area contributed by atoms with Crippen LogP contribution in [0.1, 0.15) is 6.42 Å². The monoisotopic (exact) mass is 369 g/mol. The Morgan fingerprint density at radius 3 is 2.64 bits per heavy atom. The van der Waals surface area contributed by atoms with Gasteiger partial charge in [0.2, 0.25) is 5.91 Å². The van der Waals surface area contributed by atoms with Gasteiger partial charge in [0.25, 0.3) is 0 Å².